The minimum atomic E-state index is -0.00147. The Morgan fingerprint density at radius 3 is 2.40 bits per heavy atom. The first-order valence-corrected chi connectivity index (χ1v) is 11.2. The van der Waals surface area contributed by atoms with Crippen molar-refractivity contribution in [1.82, 2.24) is 29.1 Å². The van der Waals surface area contributed by atoms with Gasteiger partial charge in [-0.05, 0) is 38.3 Å². The molecule has 5 rings (SSSR count). The maximum Gasteiger partial charge on any atom is 0.266 e. The van der Waals surface area contributed by atoms with E-state index < -0.39 is 0 Å². The van der Waals surface area contributed by atoms with E-state index >= 15 is 0 Å². The van der Waals surface area contributed by atoms with Crippen LogP contribution in [0.5, 0.6) is 0 Å². The van der Waals surface area contributed by atoms with Gasteiger partial charge in [-0.1, -0.05) is 11.3 Å². The number of hydrogen-bond donors (Lipinski definition) is 0. The fourth-order valence-electron chi connectivity index (χ4n) is 4.18. The minimum absolute atomic E-state index is 0.00147. The molecule has 2 aliphatic rings. The standard InChI is InChI=1S/C21H24N6O2S/c1-15-18(30-21(23-15)26-7-4-5-8-26)20(29)25-12-10-24(11-13-25)19(28)16-14-22-27-9-3-2-6-17(16)27/h4-5,7-8,14H,2-3,6,9-13H2,1H3. The Labute approximate surface area is 178 Å². The van der Waals surface area contributed by atoms with Crippen LogP contribution in [0.25, 0.3) is 5.13 Å². The monoisotopic (exact) mass is 424 g/mol. The predicted molar refractivity (Wildman–Crippen MR) is 113 cm³/mol. The fraction of sp³-hybridized carbons (Fsp3) is 0.429. The topological polar surface area (TPSA) is 76.3 Å². The van der Waals surface area contributed by atoms with Crippen molar-refractivity contribution in [1.29, 1.82) is 0 Å². The van der Waals surface area contributed by atoms with Crippen molar-refractivity contribution in [3.63, 3.8) is 0 Å². The van der Waals surface area contributed by atoms with Gasteiger partial charge in [-0.25, -0.2) is 4.98 Å². The van der Waals surface area contributed by atoms with Crippen molar-refractivity contribution < 1.29 is 9.59 Å². The number of rotatable bonds is 3. The maximum atomic E-state index is 13.1. The van der Waals surface area contributed by atoms with Crippen LogP contribution in [0, 0.1) is 6.92 Å². The first-order valence-electron chi connectivity index (χ1n) is 10.4. The highest BCUT2D eigenvalue weighted by atomic mass is 32.1. The van der Waals surface area contributed by atoms with Crippen molar-refractivity contribution in [2.75, 3.05) is 26.2 Å². The number of fused-ring (bicyclic) bond motifs is 1. The minimum Gasteiger partial charge on any atom is -0.335 e. The van der Waals surface area contributed by atoms with Crippen molar-refractivity contribution in [3.05, 3.63) is 52.6 Å². The van der Waals surface area contributed by atoms with Gasteiger partial charge in [0.15, 0.2) is 5.13 Å². The Morgan fingerprint density at radius 1 is 0.967 bits per heavy atom. The van der Waals surface area contributed by atoms with Crippen molar-refractivity contribution >= 4 is 23.2 Å². The highest BCUT2D eigenvalue weighted by molar-refractivity contribution is 7.16. The molecule has 1 fully saturated rings. The number of carbonyl (C=O) groups is 2. The molecule has 0 spiro atoms. The van der Waals surface area contributed by atoms with Crippen LogP contribution in [0.1, 0.15) is 44.3 Å². The van der Waals surface area contributed by atoms with Crippen LogP contribution < -0.4 is 0 Å². The smallest absolute Gasteiger partial charge is 0.266 e. The van der Waals surface area contributed by atoms with Gasteiger partial charge in [0, 0.05) is 45.1 Å². The summed E-state index contributed by atoms with van der Waals surface area (Å²) in [6.45, 7) is 4.91. The number of aryl methyl sites for hydroxylation is 2. The van der Waals surface area contributed by atoms with Gasteiger partial charge < -0.3 is 14.4 Å². The lowest BCUT2D eigenvalue weighted by atomic mass is 10.1. The summed E-state index contributed by atoms with van der Waals surface area (Å²) < 4.78 is 3.88. The molecule has 0 atom stereocenters. The molecule has 0 N–H and O–H groups in total. The largest absolute Gasteiger partial charge is 0.335 e. The molecule has 0 bridgehead atoms. The lowest BCUT2D eigenvalue weighted by Gasteiger charge is -2.34. The lowest BCUT2D eigenvalue weighted by Crippen LogP contribution is -2.50. The number of hydrogen-bond acceptors (Lipinski definition) is 5. The van der Waals surface area contributed by atoms with Gasteiger partial charge >= 0.3 is 0 Å². The van der Waals surface area contributed by atoms with Crippen LogP contribution in [0.3, 0.4) is 0 Å². The summed E-state index contributed by atoms with van der Waals surface area (Å²) in [6, 6.07) is 3.87. The van der Waals surface area contributed by atoms with Gasteiger partial charge in [-0.2, -0.15) is 5.10 Å². The molecule has 0 aromatic carbocycles. The van der Waals surface area contributed by atoms with Gasteiger partial charge in [-0.3, -0.25) is 14.3 Å². The summed E-state index contributed by atoms with van der Waals surface area (Å²) in [5, 5.41) is 5.18. The molecule has 8 nitrogen and oxygen atoms in total. The van der Waals surface area contributed by atoms with Crippen LogP contribution in [-0.4, -0.2) is 67.1 Å². The second-order valence-corrected chi connectivity index (χ2v) is 8.75. The summed E-state index contributed by atoms with van der Waals surface area (Å²) in [7, 11) is 0. The third kappa shape index (κ3) is 3.32. The molecule has 2 aliphatic heterocycles. The summed E-state index contributed by atoms with van der Waals surface area (Å²) in [4.78, 5) is 35.0. The summed E-state index contributed by atoms with van der Waals surface area (Å²) in [5.41, 5.74) is 2.53. The van der Waals surface area contributed by atoms with Crippen LogP contribution in [0.4, 0.5) is 0 Å². The first kappa shape index (κ1) is 19.0. The molecule has 2 amide bonds. The summed E-state index contributed by atoms with van der Waals surface area (Å²) in [5.74, 6) is 0.0348. The molecule has 0 radical (unpaired) electrons. The first-order chi connectivity index (χ1) is 14.6. The third-order valence-electron chi connectivity index (χ3n) is 5.87. The second kappa shape index (κ2) is 7.71. The number of carbonyl (C=O) groups excluding carboxylic acids is 2. The Morgan fingerprint density at radius 2 is 1.67 bits per heavy atom. The highest BCUT2D eigenvalue weighted by Gasteiger charge is 2.30. The van der Waals surface area contributed by atoms with E-state index in [1.165, 1.54) is 11.3 Å². The van der Waals surface area contributed by atoms with E-state index in [0.29, 0.717) is 31.1 Å². The Bertz CT molecular complexity index is 1080. The SMILES string of the molecule is Cc1nc(-n2cccc2)sc1C(=O)N1CCN(C(=O)c2cnn3c2CCCC3)CC1. The molecule has 3 aromatic rings. The van der Waals surface area contributed by atoms with E-state index in [4.69, 9.17) is 0 Å². The summed E-state index contributed by atoms with van der Waals surface area (Å²) >= 11 is 1.41. The van der Waals surface area contributed by atoms with Crippen molar-refractivity contribution in [3.8, 4) is 5.13 Å². The highest BCUT2D eigenvalue weighted by Crippen LogP contribution is 2.25. The molecule has 9 heteroatoms. The van der Waals surface area contributed by atoms with Gasteiger partial charge in [0.25, 0.3) is 11.8 Å². The molecule has 3 aromatic heterocycles. The maximum absolute atomic E-state index is 13.1. The van der Waals surface area contributed by atoms with Gasteiger partial charge in [-0.15, -0.1) is 0 Å². The van der Waals surface area contributed by atoms with Crippen LogP contribution >= 0.6 is 11.3 Å². The second-order valence-electron chi connectivity index (χ2n) is 7.77. The zero-order valence-corrected chi connectivity index (χ0v) is 17.8. The van der Waals surface area contributed by atoms with E-state index in [-0.39, 0.29) is 11.8 Å². The van der Waals surface area contributed by atoms with Gasteiger partial charge in [0.2, 0.25) is 0 Å². The van der Waals surface area contributed by atoms with Crippen molar-refractivity contribution in [2.45, 2.75) is 32.7 Å². The molecule has 0 aliphatic carbocycles. The van der Waals surface area contributed by atoms with Gasteiger partial charge in [0.05, 0.1) is 23.1 Å². The van der Waals surface area contributed by atoms with E-state index in [1.54, 1.807) is 6.20 Å². The van der Waals surface area contributed by atoms with Crippen LogP contribution in [0.2, 0.25) is 0 Å². The van der Waals surface area contributed by atoms with E-state index in [2.05, 4.69) is 10.1 Å². The fourth-order valence-corrected chi connectivity index (χ4v) is 5.18. The molecule has 0 unspecified atom stereocenters. The zero-order chi connectivity index (χ0) is 20.7. The van der Waals surface area contributed by atoms with E-state index in [0.717, 1.165) is 47.9 Å². The zero-order valence-electron chi connectivity index (χ0n) is 17.0. The van der Waals surface area contributed by atoms with Gasteiger partial charge in [0.1, 0.15) is 4.88 Å². The average Bonchev–Trinajstić information content (AvgIpc) is 3.52. The van der Waals surface area contributed by atoms with Crippen LogP contribution in [-0.2, 0) is 13.0 Å². The number of nitrogens with zero attached hydrogens (tertiary/aromatic N) is 6. The normalized spacial score (nSPS) is 16.6. The van der Waals surface area contributed by atoms with Crippen LogP contribution in [0.15, 0.2) is 30.7 Å². The molecule has 30 heavy (non-hydrogen) atoms. The molecular formula is C21H24N6O2S. The number of thiazole rings is 1. The lowest BCUT2D eigenvalue weighted by molar-refractivity contribution is 0.0536. The Balaban J connectivity index is 1.25. The Hall–Kier alpha value is -2.94. The molecule has 0 saturated carbocycles. The predicted octanol–water partition coefficient (Wildman–Crippen LogP) is 2.37. The number of piperazine rings is 1. The Kier molecular flexibility index (Phi) is 4.90. The molecule has 156 valence electrons. The van der Waals surface area contributed by atoms with E-state index in [1.807, 2.05) is 50.5 Å². The quantitative estimate of drug-likeness (QED) is 0.647. The average molecular weight is 425 g/mol. The number of amides is 2. The summed E-state index contributed by atoms with van der Waals surface area (Å²) in [6.07, 6.45) is 8.69. The molecule has 5 heterocycles. The third-order valence-corrected chi connectivity index (χ3v) is 7.03. The number of aromatic nitrogens is 4. The molecule has 1 saturated heterocycles. The molecular weight excluding hydrogens is 400 g/mol. The van der Waals surface area contributed by atoms with Crippen molar-refractivity contribution in [2.24, 2.45) is 0 Å². The van der Waals surface area contributed by atoms with E-state index in [9.17, 15) is 9.59 Å².